The molecule has 1 heterocycles. The monoisotopic (exact) mass is 252 g/mol. The fraction of sp³-hybridized carbons (Fsp3) is 0.167. The van der Waals surface area contributed by atoms with Crippen molar-refractivity contribution in [3.8, 4) is 11.3 Å². The second-order valence-electron chi connectivity index (χ2n) is 3.90. The highest BCUT2D eigenvalue weighted by atomic mass is 19.2. The summed E-state index contributed by atoms with van der Waals surface area (Å²) in [6.07, 6.45) is 0. The Hall–Kier alpha value is -2.24. The van der Waals surface area contributed by atoms with Gasteiger partial charge in [-0.1, -0.05) is 6.07 Å². The number of aromatic nitrogens is 2. The molecule has 1 N–H and O–H groups in total. The summed E-state index contributed by atoms with van der Waals surface area (Å²) in [5.41, 5.74) is 0.175. The molecule has 0 atom stereocenters. The Balaban J connectivity index is 2.62. The van der Waals surface area contributed by atoms with E-state index in [0.29, 0.717) is 0 Å². The van der Waals surface area contributed by atoms with Gasteiger partial charge in [-0.2, -0.15) is 5.10 Å². The second kappa shape index (κ2) is 4.21. The zero-order valence-corrected chi connectivity index (χ0v) is 9.74. The lowest BCUT2D eigenvalue weighted by molar-refractivity contribution is 0.0689. The summed E-state index contributed by atoms with van der Waals surface area (Å²) in [6.45, 7) is 1.45. The SMILES string of the molecule is Cc1ccc(-c2cc(C(=O)O)nn2C)c(F)c1F. The van der Waals surface area contributed by atoms with E-state index in [1.165, 1.54) is 36.9 Å². The number of carboxylic acids is 1. The number of aryl methyl sites for hydroxylation is 2. The molecule has 1 aromatic carbocycles. The molecular formula is C12H10F2N2O2. The molecule has 6 heteroatoms. The second-order valence-corrected chi connectivity index (χ2v) is 3.90. The lowest BCUT2D eigenvalue weighted by Crippen LogP contribution is -2.00. The first-order chi connectivity index (χ1) is 8.41. The molecule has 0 saturated heterocycles. The van der Waals surface area contributed by atoms with Crippen LogP contribution in [0.5, 0.6) is 0 Å². The van der Waals surface area contributed by atoms with Gasteiger partial charge in [-0.3, -0.25) is 4.68 Å². The molecule has 18 heavy (non-hydrogen) atoms. The summed E-state index contributed by atoms with van der Waals surface area (Å²) < 4.78 is 28.4. The lowest BCUT2D eigenvalue weighted by atomic mass is 10.1. The van der Waals surface area contributed by atoms with E-state index in [1.807, 2.05) is 0 Å². The minimum absolute atomic E-state index is 0.0133. The van der Waals surface area contributed by atoms with Gasteiger partial charge in [-0.15, -0.1) is 0 Å². The lowest BCUT2D eigenvalue weighted by Gasteiger charge is -2.05. The largest absolute Gasteiger partial charge is 0.476 e. The highest BCUT2D eigenvalue weighted by Gasteiger charge is 2.18. The maximum Gasteiger partial charge on any atom is 0.356 e. The van der Waals surface area contributed by atoms with Gasteiger partial charge in [0, 0.05) is 12.6 Å². The first kappa shape index (κ1) is 12.2. The minimum Gasteiger partial charge on any atom is -0.476 e. The molecule has 0 amide bonds. The quantitative estimate of drug-likeness (QED) is 0.892. The summed E-state index contributed by atoms with van der Waals surface area (Å²) in [4.78, 5) is 10.8. The van der Waals surface area contributed by atoms with E-state index >= 15 is 0 Å². The summed E-state index contributed by atoms with van der Waals surface area (Å²) in [7, 11) is 1.47. The molecule has 0 saturated carbocycles. The molecule has 1 aromatic heterocycles. The summed E-state index contributed by atoms with van der Waals surface area (Å²) in [5.74, 6) is -3.16. The fourth-order valence-corrected chi connectivity index (χ4v) is 1.67. The van der Waals surface area contributed by atoms with Crippen molar-refractivity contribution in [1.82, 2.24) is 9.78 Å². The first-order valence-electron chi connectivity index (χ1n) is 5.14. The molecule has 4 nitrogen and oxygen atoms in total. The fourth-order valence-electron chi connectivity index (χ4n) is 1.67. The highest BCUT2D eigenvalue weighted by molar-refractivity contribution is 5.87. The molecule has 94 valence electrons. The molecule has 0 spiro atoms. The smallest absolute Gasteiger partial charge is 0.356 e. The van der Waals surface area contributed by atoms with Crippen molar-refractivity contribution in [2.45, 2.75) is 6.92 Å². The summed E-state index contributed by atoms with van der Waals surface area (Å²) in [6, 6.07) is 4.03. The van der Waals surface area contributed by atoms with E-state index in [2.05, 4.69) is 5.10 Å². The predicted molar refractivity (Wildman–Crippen MR) is 60.3 cm³/mol. The maximum absolute atomic E-state index is 13.8. The van der Waals surface area contributed by atoms with Crippen molar-refractivity contribution in [1.29, 1.82) is 0 Å². The Morgan fingerprint density at radius 1 is 1.33 bits per heavy atom. The van der Waals surface area contributed by atoms with Crippen LogP contribution in [0.15, 0.2) is 18.2 Å². The van der Waals surface area contributed by atoms with Gasteiger partial charge in [0.1, 0.15) is 0 Å². The average molecular weight is 252 g/mol. The van der Waals surface area contributed by atoms with E-state index in [0.717, 1.165) is 0 Å². The van der Waals surface area contributed by atoms with Gasteiger partial charge >= 0.3 is 5.97 Å². The molecule has 0 aliphatic rings. The Bertz CT molecular complexity index is 635. The Morgan fingerprint density at radius 3 is 2.56 bits per heavy atom. The van der Waals surface area contributed by atoms with Gasteiger partial charge in [0.15, 0.2) is 17.3 Å². The van der Waals surface area contributed by atoms with Gasteiger partial charge in [-0.25, -0.2) is 13.6 Å². The number of carbonyl (C=O) groups is 1. The number of rotatable bonds is 2. The normalized spacial score (nSPS) is 10.7. The minimum atomic E-state index is -1.22. The van der Waals surface area contributed by atoms with Crippen molar-refractivity contribution < 1.29 is 18.7 Å². The van der Waals surface area contributed by atoms with Crippen LogP contribution in [0.1, 0.15) is 16.1 Å². The van der Waals surface area contributed by atoms with Crippen LogP contribution in [0.25, 0.3) is 11.3 Å². The molecule has 0 bridgehead atoms. The van der Waals surface area contributed by atoms with E-state index in [4.69, 9.17) is 5.11 Å². The summed E-state index contributed by atoms with van der Waals surface area (Å²) >= 11 is 0. The van der Waals surface area contributed by atoms with Crippen LogP contribution in [0.3, 0.4) is 0 Å². The zero-order valence-electron chi connectivity index (χ0n) is 9.74. The molecular weight excluding hydrogens is 242 g/mol. The van der Waals surface area contributed by atoms with Crippen molar-refractivity contribution in [2.24, 2.45) is 7.05 Å². The molecule has 2 rings (SSSR count). The van der Waals surface area contributed by atoms with Crippen LogP contribution < -0.4 is 0 Å². The maximum atomic E-state index is 13.8. The number of carboxylic acid groups (broad SMARTS) is 1. The van der Waals surface area contributed by atoms with E-state index < -0.39 is 17.6 Å². The number of hydrogen-bond donors (Lipinski definition) is 1. The Morgan fingerprint density at radius 2 is 2.00 bits per heavy atom. The molecule has 0 aliphatic carbocycles. The van der Waals surface area contributed by atoms with Crippen molar-refractivity contribution in [3.63, 3.8) is 0 Å². The molecule has 2 aromatic rings. The van der Waals surface area contributed by atoms with Crippen LogP contribution in [0.2, 0.25) is 0 Å². The molecule has 0 unspecified atom stereocenters. The van der Waals surface area contributed by atoms with Gasteiger partial charge in [0.2, 0.25) is 0 Å². The van der Waals surface area contributed by atoms with Gasteiger partial charge in [-0.05, 0) is 24.6 Å². The number of halogens is 2. The first-order valence-corrected chi connectivity index (χ1v) is 5.14. The van der Waals surface area contributed by atoms with Gasteiger partial charge < -0.3 is 5.11 Å². The van der Waals surface area contributed by atoms with E-state index in [1.54, 1.807) is 0 Å². The number of benzene rings is 1. The number of nitrogens with zero attached hydrogens (tertiary/aromatic N) is 2. The number of hydrogen-bond acceptors (Lipinski definition) is 2. The summed E-state index contributed by atoms with van der Waals surface area (Å²) in [5, 5.41) is 12.5. The Kier molecular flexibility index (Phi) is 2.86. The van der Waals surface area contributed by atoms with Crippen LogP contribution in [0, 0.1) is 18.6 Å². The van der Waals surface area contributed by atoms with Crippen LogP contribution >= 0.6 is 0 Å². The number of aromatic carboxylic acids is 1. The van der Waals surface area contributed by atoms with Crippen molar-refractivity contribution >= 4 is 5.97 Å². The van der Waals surface area contributed by atoms with E-state index in [-0.39, 0.29) is 22.5 Å². The third kappa shape index (κ3) is 1.85. The van der Waals surface area contributed by atoms with Gasteiger partial charge in [0.25, 0.3) is 0 Å². The zero-order chi connectivity index (χ0) is 13.4. The third-order valence-corrected chi connectivity index (χ3v) is 2.65. The topological polar surface area (TPSA) is 55.1 Å². The predicted octanol–water partition coefficient (Wildman–Crippen LogP) is 2.37. The average Bonchev–Trinajstić information content (AvgIpc) is 2.69. The molecule has 0 aliphatic heterocycles. The Labute approximate surface area is 101 Å². The molecule has 0 radical (unpaired) electrons. The molecule has 0 fully saturated rings. The van der Waals surface area contributed by atoms with Gasteiger partial charge in [0.05, 0.1) is 5.69 Å². The van der Waals surface area contributed by atoms with Crippen molar-refractivity contribution in [3.05, 3.63) is 41.1 Å². The van der Waals surface area contributed by atoms with E-state index in [9.17, 15) is 13.6 Å². The van der Waals surface area contributed by atoms with Crippen LogP contribution in [0.4, 0.5) is 8.78 Å². The highest BCUT2D eigenvalue weighted by Crippen LogP contribution is 2.26. The van der Waals surface area contributed by atoms with Crippen molar-refractivity contribution in [2.75, 3.05) is 0 Å². The third-order valence-electron chi connectivity index (χ3n) is 2.65. The van der Waals surface area contributed by atoms with Crippen LogP contribution in [-0.4, -0.2) is 20.9 Å². The van der Waals surface area contributed by atoms with Crippen LogP contribution in [-0.2, 0) is 7.05 Å². The standard InChI is InChI=1S/C12H10F2N2O2/c1-6-3-4-7(11(14)10(6)13)9-5-8(12(17)18)15-16(9)2/h3-5H,1-2H3,(H,17,18).